The standard InChI is InChI=1S/C13H27NO/c1-12(2)11-15-10-9-14-8-7-13-5-3-4-6-13/h12-14H,3-11H2,1-2H3. The summed E-state index contributed by atoms with van der Waals surface area (Å²) in [6.07, 6.45) is 7.21. The van der Waals surface area contributed by atoms with Crippen molar-refractivity contribution in [1.29, 1.82) is 0 Å². The molecule has 0 unspecified atom stereocenters. The number of hydrogen-bond donors (Lipinski definition) is 1. The van der Waals surface area contributed by atoms with E-state index in [0.717, 1.165) is 25.7 Å². The van der Waals surface area contributed by atoms with Crippen LogP contribution in [-0.4, -0.2) is 26.3 Å². The first-order chi connectivity index (χ1) is 7.29. The maximum absolute atomic E-state index is 5.50. The lowest BCUT2D eigenvalue weighted by Gasteiger charge is -2.10. The molecule has 15 heavy (non-hydrogen) atoms. The smallest absolute Gasteiger partial charge is 0.0591 e. The van der Waals surface area contributed by atoms with E-state index in [1.807, 2.05) is 0 Å². The minimum Gasteiger partial charge on any atom is -0.380 e. The molecule has 0 aromatic carbocycles. The fourth-order valence-electron chi connectivity index (χ4n) is 2.19. The molecular formula is C13H27NO. The lowest BCUT2D eigenvalue weighted by atomic mass is 10.0. The molecule has 1 rings (SSSR count). The minimum atomic E-state index is 0.656. The van der Waals surface area contributed by atoms with Crippen LogP contribution < -0.4 is 5.32 Å². The Morgan fingerprint density at radius 3 is 2.60 bits per heavy atom. The largest absolute Gasteiger partial charge is 0.380 e. The Labute approximate surface area is 94.8 Å². The summed E-state index contributed by atoms with van der Waals surface area (Å²) in [5.74, 6) is 1.66. The summed E-state index contributed by atoms with van der Waals surface area (Å²) in [4.78, 5) is 0. The lowest BCUT2D eigenvalue weighted by molar-refractivity contribution is 0.111. The van der Waals surface area contributed by atoms with Crippen molar-refractivity contribution < 1.29 is 4.74 Å². The molecule has 0 bridgehead atoms. The van der Waals surface area contributed by atoms with Crippen LogP contribution in [-0.2, 0) is 4.74 Å². The average Bonchev–Trinajstić information content (AvgIpc) is 2.68. The molecule has 0 aliphatic heterocycles. The van der Waals surface area contributed by atoms with Gasteiger partial charge in [0, 0.05) is 13.2 Å². The van der Waals surface area contributed by atoms with Gasteiger partial charge in [-0.1, -0.05) is 39.5 Å². The molecule has 1 aliphatic carbocycles. The van der Waals surface area contributed by atoms with Crippen LogP contribution in [0.15, 0.2) is 0 Å². The summed E-state index contributed by atoms with van der Waals surface area (Å²) in [6, 6.07) is 0. The molecule has 0 atom stereocenters. The Balaban J connectivity index is 1.76. The summed E-state index contributed by atoms with van der Waals surface area (Å²) >= 11 is 0. The van der Waals surface area contributed by atoms with Crippen LogP contribution in [0.5, 0.6) is 0 Å². The zero-order valence-electron chi connectivity index (χ0n) is 10.4. The van der Waals surface area contributed by atoms with Gasteiger partial charge in [0.25, 0.3) is 0 Å². The molecule has 0 heterocycles. The molecule has 90 valence electrons. The zero-order valence-corrected chi connectivity index (χ0v) is 10.4. The highest BCUT2D eigenvalue weighted by Crippen LogP contribution is 2.26. The van der Waals surface area contributed by atoms with Gasteiger partial charge >= 0.3 is 0 Å². The SMILES string of the molecule is CC(C)COCCNCCC1CCCC1. The van der Waals surface area contributed by atoms with E-state index in [0.29, 0.717) is 5.92 Å². The Kier molecular flexibility index (Phi) is 7.03. The molecule has 1 fully saturated rings. The Hall–Kier alpha value is -0.0800. The van der Waals surface area contributed by atoms with Crippen molar-refractivity contribution >= 4 is 0 Å². The predicted octanol–water partition coefficient (Wildman–Crippen LogP) is 2.83. The van der Waals surface area contributed by atoms with Gasteiger partial charge in [0.2, 0.25) is 0 Å². The Morgan fingerprint density at radius 2 is 1.93 bits per heavy atom. The quantitative estimate of drug-likeness (QED) is 0.626. The van der Waals surface area contributed by atoms with Crippen LogP contribution in [0, 0.1) is 11.8 Å². The fraction of sp³-hybridized carbons (Fsp3) is 1.00. The third-order valence-electron chi connectivity index (χ3n) is 3.08. The summed E-state index contributed by atoms with van der Waals surface area (Å²) in [7, 11) is 0. The topological polar surface area (TPSA) is 21.3 Å². The highest BCUT2D eigenvalue weighted by Gasteiger charge is 2.13. The van der Waals surface area contributed by atoms with Crippen LogP contribution in [0.2, 0.25) is 0 Å². The van der Waals surface area contributed by atoms with Crippen molar-refractivity contribution in [3.05, 3.63) is 0 Å². The van der Waals surface area contributed by atoms with Crippen molar-refractivity contribution in [3.8, 4) is 0 Å². The van der Waals surface area contributed by atoms with Crippen molar-refractivity contribution in [2.45, 2.75) is 46.0 Å². The first kappa shape index (κ1) is 13.0. The minimum absolute atomic E-state index is 0.656. The molecule has 1 N–H and O–H groups in total. The first-order valence-electron chi connectivity index (χ1n) is 6.57. The Morgan fingerprint density at radius 1 is 1.20 bits per heavy atom. The number of hydrogen-bond acceptors (Lipinski definition) is 2. The maximum Gasteiger partial charge on any atom is 0.0591 e. The van der Waals surface area contributed by atoms with E-state index in [9.17, 15) is 0 Å². The van der Waals surface area contributed by atoms with Gasteiger partial charge in [0.05, 0.1) is 6.61 Å². The molecule has 0 amide bonds. The van der Waals surface area contributed by atoms with E-state index in [2.05, 4.69) is 19.2 Å². The lowest BCUT2D eigenvalue weighted by Crippen LogP contribution is -2.23. The number of ether oxygens (including phenoxy) is 1. The average molecular weight is 213 g/mol. The summed E-state index contributed by atoms with van der Waals surface area (Å²) < 4.78 is 5.50. The summed E-state index contributed by atoms with van der Waals surface area (Å²) in [6.45, 7) is 8.32. The van der Waals surface area contributed by atoms with Crippen LogP contribution in [0.3, 0.4) is 0 Å². The van der Waals surface area contributed by atoms with E-state index in [1.54, 1.807) is 0 Å². The van der Waals surface area contributed by atoms with Crippen molar-refractivity contribution in [3.63, 3.8) is 0 Å². The molecule has 1 saturated carbocycles. The van der Waals surface area contributed by atoms with Crippen LogP contribution >= 0.6 is 0 Å². The summed E-state index contributed by atoms with van der Waals surface area (Å²) in [5, 5.41) is 3.46. The van der Waals surface area contributed by atoms with Crippen LogP contribution in [0.4, 0.5) is 0 Å². The van der Waals surface area contributed by atoms with E-state index in [-0.39, 0.29) is 0 Å². The van der Waals surface area contributed by atoms with Crippen molar-refractivity contribution in [2.75, 3.05) is 26.3 Å². The molecule has 2 heteroatoms. The molecule has 0 radical (unpaired) electrons. The highest BCUT2D eigenvalue weighted by molar-refractivity contribution is 4.67. The van der Waals surface area contributed by atoms with E-state index < -0.39 is 0 Å². The monoisotopic (exact) mass is 213 g/mol. The van der Waals surface area contributed by atoms with Gasteiger partial charge in [-0.15, -0.1) is 0 Å². The van der Waals surface area contributed by atoms with Gasteiger partial charge in [-0.3, -0.25) is 0 Å². The van der Waals surface area contributed by atoms with Gasteiger partial charge < -0.3 is 10.1 Å². The molecule has 0 saturated heterocycles. The number of rotatable bonds is 8. The van der Waals surface area contributed by atoms with Gasteiger partial charge in [-0.2, -0.15) is 0 Å². The summed E-state index contributed by atoms with van der Waals surface area (Å²) in [5.41, 5.74) is 0. The normalized spacial score (nSPS) is 17.8. The predicted molar refractivity (Wildman–Crippen MR) is 65.1 cm³/mol. The number of nitrogens with one attached hydrogen (secondary N) is 1. The molecule has 0 aromatic heterocycles. The van der Waals surface area contributed by atoms with Crippen molar-refractivity contribution in [2.24, 2.45) is 11.8 Å². The molecule has 1 aliphatic rings. The third kappa shape index (κ3) is 6.91. The fourth-order valence-corrected chi connectivity index (χ4v) is 2.19. The molecule has 0 spiro atoms. The second kappa shape index (κ2) is 8.12. The van der Waals surface area contributed by atoms with E-state index in [4.69, 9.17) is 4.74 Å². The van der Waals surface area contributed by atoms with Gasteiger partial charge in [-0.25, -0.2) is 0 Å². The first-order valence-corrected chi connectivity index (χ1v) is 6.57. The van der Waals surface area contributed by atoms with Crippen LogP contribution in [0.25, 0.3) is 0 Å². The maximum atomic E-state index is 5.50. The van der Waals surface area contributed by atoms with Crippen molar-refractivity contribution in [1.82, 2.24) is 5.32 Å². The molecule has 0 aromatic rings. The van der Waals surface area contributed by atoms with Gasteiger partial charge in [0.1, 0.15) is 0 Å². The van der Waals surface area contributed by atoms with Gasteiger partial charge in [-0.05, 0) is 24.8 Å². The third-order valence-corrected chi connectivity index (χ3v) is 3.08. The molecule has 2 nitrogen and oxygen atoms in total. The molecular weight excluding hydrogens is 186 g/mol. The van der Waals surface area contributed by atoms with Crippen LogP contribution in [0.1, 0.15) is 46.0 Å². The van der Waals surface area contributed by atoms with Gasteiger partial charge in [0.15, 0.2) is 0 Å². The van der Waals surface area contributed by atoms with E-state index in [1.165, 1.54) is 38.6 Å². The zero-order chi connectivity index (χ0) is 10.9. The highest BCUT2D eigenvalue weighted by atomic mass is 16.5. The van der Waals surface area contributed by atoms with E-state index >= 15 is 0 Å². The Bertz CT molecular complexity index is 141. The second-order valence-electron chi connectivity index (χ2n) is 5.16. The second-order valence-corrected chi connectivity index (χ2v) is 5.16.